The molecule has 0 heterocycles. The molecule has 98 valence electrons. The maximum absolute atomic E-state index is 12.6. The molecule has 0 unspecified atom stereocenters. The van der Waals surface area contributed by atoms with Gasteiger partial charge in [0.1, 0.15) is 11.8 Å². The van der Waals surface area contributed by atoms with Gasteiger partial charge in [-0.05, 0) is 0 Å². The van der Waals surface area contributed by atoms with Gasteiger partial charge in [0.25, 0.3) is 5.78 Å². The van der Waals surface area contributed by atoms with E-state index in [2.05, 4.69) is 9.47 Å². The van der Waals surface area contributed by atoms with Crippen LogP contribution in [0.15, 0.2) is 11.8 Å². The molecule has 0 atom stereocenters. The van der Waals surface area contributed by atoms with Gasteiger partial charge in [0.05, 0.1) is 14.2 Å². The molecule has 0 aromatic rings. The quantitative estimate of drug-likeness (QED) is 0.192. The first-order valence-electron chi connectivity index (χ1n) is 3.90. The van der Waals surface area contributed by atoms with Gasteiger partial charge in [-0.3, -0.25) is 4.79 Å². The van der Waals surface area contributed by atoms with Crippen molar-refractivity contribution in [3.63, 3.8) is 0 Å². The van der Waals surface area contributed by atoms with E-state index in [9.17, 15) is 31.5 Å². The van der Waals surface area contributed by atoms with Crippen LogP contribution >= 0.6 is 0 Å². The Morgan fingerprint density at radius 2 is 1.53 bits per heavy atom. The SMILES string of the molecule is COC=C(C(=O)OC)C(=O)C(F)(F)C(F)(F)F. The first-order chi connectivity index (χ1) is 7.59. The number of hydrogen-bond donors (Lipinski definition) is 0. The minimum Gasteiger partial charge on any atom is -0.503 e. The number of ketones is 1. The summed E-state index contributed by atoms with van der Waals surface area (Å²) in [7, 11) is 1.58. The maximum Gasteiger partial charge on any atom is 0.461 e. The van der Waals surface area contributed by atoms with Crippen molar-refractivity contribution in [2.75, 3.05) is 14.2 Å². The Morgan fingerprint density at radius 3 is 1.82 bits per heavy atom. The number of methoxy groups -OCH3 is 2. The summed E-state index contributed by atoms with van der Waals surface area (Å²) < 4.78 is 68.8. The average molecular weight is 262 g/mol. The molecular weight excluding hydrogens is 255 g/mol. The summed E-state index contributed by atoms with van der Waals surface area (Å²) >= 11 is 0. The lowest BCUT2D eigenvalue weighted by Gasteiger charge is -2.18. The largest absolute Gasteiger partial charge is 0.503 e. The minimum absolute atomic E-state index is 0.161. The highest BCUT2D eigenvalue weighted by atomic mass is 19.4. The number of esters is 1. The second-order valence-electron chi connectivity index (χ2n) is 2.66. The van der Waals surface area contributed by atoms with Crippen molar-refractivity contribution in [2.45, 2.75) is 12.1 Å². The van der Waals surface area contributed by atoms with Gasteiger partial charge in [-0.1, -0.05) is 0 Å². The van der Waals surface area contributed by atoms with E-state index in [0.29, 0.717) is 7.11 Å². The molecule has 0 spiro atoms. The molecule has 9 heteroatoms. The van der Waals surface area contributed by atoms with Crippen LogP contribution < -0.4 is 0 Å². The fraction of sp³-hybridized carbons (Fsp3) is 0.500. The van der Waals surface area contributed by atoms with Gasteiger partial charge in [0.15, 0.2) is 0 Å². The third kappa shape index (κ3) is 3.14. The zero-order valence-electron chi connectivity index (χ0n) is 8.60. The van der Waals surface area contributed by atoms with Gasteiger partial charge in [-0.15, -0.1) is 0 Å². The summed E-state index contributed by atoms with van der Waals surface area (Å²) in [6, 6.07) is 0. The monoisotopic (exact) mass is 262 g/mol. The predicted octanol–water partition coefficient (Wildman–Crippen LogP) is 1.46. The van der Waals surface area contributed by atoms with Crippen molar-refractivity contribution in [1.82, 2.24) is 0 Å². The smallest absolute Gasteiger partial charge is 0.461 e. The van der Waals surface area contributed by atoms with Crippen molar-refractivity contribution in [3.8, 4) is 0 Å². The Morgan fingerprint density at radius 1 is 1.06 bits per heavy atom. The van der Waals surface area contributed by atoms with Crippen LogP contribution in [-0.2, 0) is 19.1 Å². The molecule has 0 radical (unpaired) electrons. The van der Waals surface area contributed by atoms with Crippen molar-refractivity contribution < 1.29 is 41.0 Å². The molecule has 0 bridgehead atoms. The van der Waals surface area contributed by atoms with Gasteiger partial charge >= 0.3 is 18.1 Å². The molecule has 0 aliphatic heterocycles. The first-order valence-corrected chi connectivity index (χ1v) is 3.90. The predicted molar refractivity (Wildman–Crippen MR) is 43.1 cm³/mol. The fourth-order valence-electron chi connectivity index (χ4n) is 0.720. The topological polar surface area (TPSA) is 52.6 Å². The van der Waals surface area contributed by atoms with E-state index in [0.717, 1.165) is 7.11 Å². The highest BCUT2D eigenvalue weighted by molar-refractivity contribution is 6.19. The molecule has 0 rings (SSSR count). The molecule has 0 aromatic heterocycles. The fourth-order valence-corrected chi connectivity index (χ4v) is 0.720. The van der Waals surface area contributed by atoms with Crippen LogP contribution in [0.3, 0.4) is 0 Å². The van der Waals surface area contributed by atoms with E-state index in [1.165, 1.54) is 0 Å². The molecule has 0 saturated heterocycles. The van der Waals surface area contributed by atoms with Gasteiger partial charge < -0.3 is 9.47 Å². The third-order valence-corrected chi connectivity index (χ3v) is 1.53. The summed E-state index contributed by atoms with van der Waals surface area (Å²) in [5.41, 5.74) is -1.53. The van der Waals surface area contributed by atoms with Gasteiger partial charge in [-0.25, -0.2) is 4.79 Å². The van der Waals surface area contributed by atoms with Gasteiger partial charge in [0, 0.05) is 0 Å². The van der Waals surface area contributed by atoms with Crippen LogP contribution in [0.2, 0.25) is 0 Å². The number of hydrogen-bond acceptors (Lipinski definition) is 4. The van der Waals surface area contributed by atoms with E-state index in [4.69, 9.17) is 0 Å². The lowest BCUT2D eigenvalue weighted by atomic mass is 10.1. The summed E-state index contributed by atoms with van der Waals surface area (Å²) in [6.45, 7) is 0. The summed E-state index contributed by atoms with van der Waals surface area (Å²) in [6.07, 6.45) is -5.95. The van der Waals surface area contributed by atoms with Crippen LogP contribution in [0.1, 0.15) is 0 Å². The molecule has 0 saturated carbocycles. The molecule has 0 amide bonds. The Hall–Kier alpha value is -1.67. The number of carbonyl (C=O) groups is 2. The zero-order valence-corrected chi connectivity index (χ0v) is 8.60. The minimum atomic E-state index is -6.11. The highest BCUT2D eigenvalue weighted by Crippen LogP contribution is 2.37. The highest BCUT2D eigenvalue weighted by Gasteiger charge is 2.64. The van der Waals surface area contributed by atoms with Crippen molar-refractivity contribution in [2.24, 2.45) is 0 Å². The van der Waals surface area contributed by atoms with Crippen LogP contribution in [0.25, 0.3) is 0 Å². The Labute approximate surface area is 92.0 Å². The van der Waals surface area contributed by atoms with Crippen LogP contribution in [0.5, 0.6) is 0 Å². The molecular formula is C8H7F5O4. The number of rotatable bonds is 4. The molecule has 0 aromatic carbocycles. The van der Waals surface area contributed by atoms with Crippen LogP contribution in [0.4, 0.5) is 22.0 Å². The molecule has 0 N–H and O–H groups in total. The van der Waals surface area contributed by atoms with Crippen LogP contribution in [0, 0.1) is 0 Å². The average Bonchev–Trinajstić information content (AvgIpc) is 2.22. The molecule has 4 nitrogen and oxygen atoms in total. The lowest BCUT2D eigenvalue weighted by Crippen LogP contribution is -2.46. The van der Waals surface area contributed by atoms with Crippen LogP contribution in [-0.4, -0.2) is 38.1 Å². The number of carbonyl (C=O) groups excluding carboxylic acids is 2. The summed E-state index contributed by atoms with van der Waals surface area (Å²) in [5, 5.41) is 0. The van der Waals surface area contributed by atoms with Crippen molar-refractivity contribution in [3.05, 3.63) is 11.8 Å². The Kier molecular flexibility index (Phi) is 4.60. The van der Waals surface area contributed by atoms with E-state index < -0.39 is 29.4 Å². The maximum atomic E-state index is 12.6. The van der Waals surface area contributed by atoms with E-state index in [1.54, 1.807) is 0 Å². The van der Waals surface area contributed by atoms with Crippen molar-refractivity contribution in [1.29, 1.82) is 0 Å². The van der Waals surface area contributed by atoms with E-state index in [1.807, 2.05) is 0 Å². The third-order valence-electron chi connectivity index (χ3n) is 1.53. The van der Waals surface area contributed by atoms with Gasteiger partial charge in [0.2, 0.25) is 0 Å². The summed E-state index contributed by atoms with van der Waals surface area (Å²) in [4.78, 5) is 21.7. The molecule has 0 aliphatic rings. The van der Waals surface area contributed by atoms with E-state index >= 15 is 0 Å². The normalized spacial score (nSPS) is 13.2. The lowest BCUT2D eigenvalue weighted by molar-refractivity contribution is -0.266. The number of ether oxygens (including phenoxy) is 2. The second-order valence-corrected chi connectivity index (χ2v) is 2.66. The van der Waals surface area contributed by atoms with E-state index in [-0.39, 0.29) is 6.26 Å². The van der Waals surface area contributed by atoms with Gasteiger partial charge in [-0.2, -0.15) is 22.0 Å². The summed E-state index contributed by atoms with van der Waals surface area (Å²) in [5.74, 6) is -10.1. The molecule has 0 fully saturated rings. The number of alkyl halides is 5. The second kappa shape index (κ2) is 5.11. The van der Waals surface area contributed by atoms with Crippen molar-refractivity contribution >= 4 is 11.8 Å². The Bertz CT molecular complexity index is 344. The Balaban J connectivity index is 5.40. The molecule has 0 aliphatic carbocycles. The first kappa shape index (κ1) is 15.3. The number of halogens is 5. The zero-order chi connectivity index (χ0) is 13.9. The number of Topliss-reactive ketones (excluding diaryl/α,β-unsaturated/α-hetero) is 1. The molecule has 17 heavy (non-hydrogen) atoms. The standard InChI is InChI=1S/C8H7F5O4/c1-16-3-4(6(15)17-2)5(14)7(9,10)8(11,12)13/h3H,1-2H3.